The maximum absolute atomic E-state index is 10.2. The molecule has 0 radical (unpaired) electrons. The molecule has 11 nitrogen and oxygen atoms in total. The summed E-state index contributed by atoms with van der Waals surface area (Å²) < 4.78 is 26.2. The van der Waals surface area contributed by atoms with Gasteiger partial charge in [-0.25, -0.2) is 0 Å². The number of ether oxygens (including phenoxy) is 5. The van der Waals surface area contributed by atoms with Gasteiger partial charge in [-0.1, -0.05) is 0 Å². The van der Waals surface area contributed by atoms with Crippen LogP contribution in [-0.2, 0) is 23.7 Å². The Morgan fingerprint density at radius 1 is 0.593 bits per heavy atom. The van der Waals surface area contributed by atoms with E-state index in [1.165, 1.54) is 14.2 Å². The van der Waals surface area contributed by atoms with E-state index in [9.17, 15) is 30.6 Å². The van der Waals surface area contributed by atoms with Gasteiger partial charge >= 0.3 is 0 Å². The molecule has 0 bridgehead atoms. The summed E-state index contributed by atoms with van der Waals surface area (Å²) in [6.07, 6.45) is -10.9. The van der Waals surface area contributed by atoms with Crippen LogP contribution < -0.4 is 0 Å². The predicted octanol–water partition coefficient (Wildman–Crippen LogP) is -3.80. The molecular weight excluding hydrogens is 368 g/mol. The summed E-state index contributed by atoms with van der Waals surface area (Å²) in [5.41, 5.74) is 0. The van der Waals surface area contributed by atoms with Gasteiger partial charge in [-0.15, -0.1) is 0 Å². The van der Waals surface area contributed by atoms with Gasteiger partial charge in [0.1, 0.15) is 36.6 Å². The van der Waals surface area contributed by atoms with E-state index in [0.717, 1.165) is 0 Å². The standard InChI is InChI=1S/C16H30O11/c1-23-4-8-7(11(17)15(21)16(22)27-8)3-25-6-10-13(19)14(20)12(18)9(26-10)5-24-2/h7-22H,3-6H2,1-2H3/t7-,8?,9?,10-,11-,12-,13?,14-,15?,16+/m0/s1. The summed E-state index contributed by atoms with van der Waals surface area (Å²) in [7, 11) is 2.85. The van der Waals surface area contributed by atoms with Crippen molar-refractivity contribution >= 4 is 0 Å². The van der Waals surface area contributed by atoms with Gasteiger partial charge in [0.05, 0.1) is 38.6 Å². The van der Waals surface area contributed by atoms with Crippen molar-refractivity contribution in [2.24, 2.45) is 5.92 Å². The predicted molar refractivity (Wildman–Crippen MR) is 87.6 cm³/mol. The number of rotatable bonds is 8. The minimum atomic E-state index is -1.54. The Balaban J connectivity index is 1.92. The molecule has 4 unspecified atom stereocenters. The lowest BCUT2D eigenvalue weighted by Gasteiger charge is -2.42. The van der Waals surface area contributed by atoms with Crippen LogP contribution in [0.4, 0.5) is 0 Å². The lowest BCUT2D eigenvalue weighted by molar-refractivity contribution is -0.283. The third kappa shape index (κ3) is 5.34. The van der Waals surface area contributed by atoms with E-state index in [2.05, 4.69) is 0 Å². The van der Waals surface area contributed by atoms with Crippen molar-refractivity contribution in [1.82, 2.24) is 0 Å². The minimum Gasteiger partial charge on any atom is -0.390 e. The Morgan fingerprint density at radius 2 is 1.15 bits per heavy atom. The third-order valence-corrected chi connectivity index (χ3v) is 4.94. The topological polar surface area (TPSA) is 168 Å². The molecule has 11 heteroatoms. The lowest BCUT2D eigenvalue weighted by atomic mass is 9.90. The molecule has 2 rings (SSSR count). The summed E-state index contributed by atoms with van der Waals surface area (Å²) in [4.78, 5) is 0. The molecule has 0 aromatic carbocycles. The van der Waals surface area contributed by atoms with Crippen LogP contribution >= 0.6 is 0 Å². The van der Waals surface area contributed by atoms with E-state index in [1.807, 2.05) is 0 Å². The van der Waals surface area contributed by atoms with Crippen molar-refractivity contribution in [2.45, 2.75) is 55.1 Å². The van der Waals surface area contributed by atoms with Crippen molar-refractivity contribution in [1.29, 1.82) is 0 Å². The molecule has 0 amide bonds. The van der Waals surface area contributed by atoms with Gasteiger partial charge in [0.15, 0.2) is 6.29 Å². The van der Waals surface area contributed by atoms with Crippen LogP contribution in [0.25, 0.3) is 0 Å². The molecule has 0 spiro atoms. The molecule has 6 N–H and O–H groups in total. The SMILES string of the molecule is COCC1O[C@@H](COC[C@H]2C(COC)O[C@@H](O)C(O)[C@H]2O)C(O)[C@@H](O)[C@H]1O. The zero-order valence-electron chi connectivity index (χ0n) is 15.3. The van der Waals surface area contributed by atoms with Crippen LogP contribution in [-0.4, -0.2) is 126 Å². The first kappa shape index (κ1) is 22.8. The zero-order valence-corrected chi connectivity index (χ0v) is 15.3. The Bertz CT molecular complexity index is 439. The first-order valence-electron chi connectivity index (χ1n) is 8.76. The Morgan fingerprint density at radius 3 is 1.74 bits per heavy atom. The fourth-order valence-electron chi connectivity index (χ4n) is 3.32. The summed E-state index contributed by atoms with van der Waals surface area (Å²) in [5, 5.41) is 59.5. The highest BCUT2D eigenvalue weighted by Crippen LogP contribution is 2.27. The van der Waals surface area contributed by atoms with Crippen molar-refractivity contribution in [2.75, 3.05) is 40.6 Å². The van der Waals surface area contributed by atoms with E-state index < -0.39 is 61.0 Å². The van der Waals surface area contributed by atoms with E-state index in [1.54, 1.807) is 0 Å². The van der Waals surface area contributed by atoms with Crippen LogP contribution in [0.5, 0.6) is 0 Å². The molecule has 10 atom stereocenters. The second kappa shape index (κ2) is 10.4. The molecule has 0 saturated carbocycles. The molecule has 0 aromatic heterocycles. The fourth-order valence-corrected chi connectivity index (χ4v) is 3.32. The summed E-state index contributed by atoms with van der Waals surface area (Å²) in [6, 6.07) is 0. The second-order valence-electron chi connectivity index (χ2n) is 6.84. The molecule has 0 aromatic rings. The van der Waals surface area contributed by atoms with Gasteiger partial charge < -0.3 is 54.3 Å². The van der Waals surface area contributed by atoms with E-state index in [4.69, 9.17) is 23.7 Å². The van der Waals surface area contributed by atoms with Gasteiger partial charge in [0.2, 0.25) is 0 Å². The number of methoxy groups -OCH3 is 2. The van der Waals surface area contributed by atoms with Gasteiger partial charge in [-0.05, 0) is 0 Å². The van der Waals surface area contributed by atoms with E-state index >= 15 is 0 Å². The Labute approximate surface area is 157 Å². The normalized spacial score (nSPS) is 45.8. The Hall–Kier alpha value is -0.440. The first-order chi connectivity index (χ1) is 12.8. The second-order valence-corrected chi connectivity index (χ2v) is 6.84. The van der Waals surface area contributed by atoms with E-state index in [-0.39, 0.29) is 26.4 Å². The van der Waals surface area contributed by atoms with Crippen molar-refractivity contribution in [3.05, 3.63) is 0 Å². The fraction of sp³-hybridized carbons (Fsp3) is 1.00. The van der Waals surface area contributed by atoms with Crippen LogP contribution in [0.1, 0.15) is 0 Å². The first-order valence-corrected chi connectivity index (χ1v) is 8.76. The van der Waals surface area contributed by atoms with Crippen LogP contribution in [0.2, 0.25) is 0 Å². The highest BCUT2D eigenvalue weighted by atomic mass is 16.6. The lowest BCUT2D eigenvalue weighted by Crippen LogP contribution is -2.60. The average Bonchev–Trinajstić information content (AvgIpc) is 2.64. The van der Waals surface area contributed by atoms with Crippen molar-refractivity contribution in [3.8, 4) is 0 Å². The zero-order chi connectivity index (χ0) is 20.1. The number of hydrogen-bond acceptors (Lipinski definition) is 11. The molecule has 2 saturated heterocycles. The largest absolute Gasteiger partial charge is 0.390 e. The van der Waals surface area contributed by atoms with Gasteiger partial charge in [-0.3, -0.25) is 0 Å². The average molecular weight is 398 g/mol. The Kier molecular flexibility index (Phi) is 8.77. The number of aliphatic hydroxyl groups excluding tert-OH is 6. The highest BCUT2D eigenvalue weighted by molar-refractivity contribution is 4.93. The summed E-state index contributed by atoms with van der Waals surface area (Å²) >= 11 is 0. The van der Waals surface area contributed by atoms with Crippen LogP contribution in [0.15, 0.2) is 0 Å². The number of hydrogen-bond donors (Lipinski definition) is 6. The van der Waals surface area contributed by atoms with Gasteiger partial charge in [-0.2, -0.15) is 0 Å². The van der Waals surface area contributed by atoms with Gasteiger partial charge in [0, 0.05) is 20.1 Å². The maximum Gasteiger partial charge on any atom is 0.183 e. The van der Waals surface area contributed by atoms with Crippen molar-refractivity contribution < 1.29 is 54.3 Å². The molecule has 160 valence electrons. The molecule has 2 heterocycles. The quantitative estimate of drug-likeness (QED) is 0.237. The monoisotopic (exact) mass is 398 g/mol. The van der Waals surface area contributed by atoms with Crippen molar-refractivity contribution in [3.63, 3.8) is 0 Å². The molecule has 2 aliphatic rings. The maximum atomic E-state index is 10.2. The van der Waals surface area contributed by atoms with Crippen LogP contribution in [0, 0.1) is 5.92 Å². The third-order valence-electron chi connectivity index (χ3n) is 4.94. The molecule has 2 fully saturated rings. The molecule has 27 heavy (non-hydrogen) atoms. The smallest absolute Gasteiger partial charge is 0.183 e. The molecular formula is C16H30O11. The highest BCUT2D eigenvalue weighted by Gasteiger charge is 2.46. The summed E-state index contributed by atoms with van der Waals surface area (Å²) in [6.45, 7) is -0.138. The van der Waals surface area contributed by atoms with E-state index in [0.29, 0.717) is 0 Å². The molecule has 0 aliphatic carbocycles. The molecule has 2 aliphatic heterocycles. The van der Waals surface area contributed by atoms with Gasteiger partial charge in [0.25, 0.3) is 0 Å². The number of aliphatic hydroxyl groups is 6. The summed E-state index contributed by atoms with van der Waals surface area (Å²) in [5.74, 6) is -0.700. The minimum absolute atomic E-state index is 0.0244. The van der Waals surface area contributed by atoms with Crippen LogP contribution in [0.3, 0.4) is 0 Å².